The number of fused-ring (bicyclic) bond motifs is 1. The van der Waals surface area contributed by atoms with Gasteiger partial charge in [0.25, 0.3) is 0 Å². The van der Waals surface area contributed by atoms with Crippen molar-refractivity contribution in [3.05, 3.63) is 12.4 Å². The van der Waals surface area contributed by atoms with Crippen molar-refractivity contribution < 1.29 is 0 Å². The van der Waals surface area contributed by atoms with Crippen LogP contribution in [-0.4, -0.2) is 43.0 Å². The van der Waals surface area contributed by atoms with Crippen molar-refractivity contribution >= 4 is 23.1 Å². The van der Waals surface area contributed by atoms with Crippen LogP contribution in [0.15, 0.2) is 12.4 Å². The lowest BCUT2D eigenvalue weighted by molar-refractivity contribution is 0.430. The number of anilines is 1. The molecule has 1 aliphatic heterocycles. The SMILES string of the molecule is CC(Cl)CC1CCCCN1c1cncc2nnnn12. The third-order valence-electron chi connectivity index (χ3n) is 3.61. The number of rotatable bonds is 3. The van der Waals surface area contributed by atoms with Crippen LogP contribution in [0.4, 0.5) is 5.82 Å². The van der Waals surface area contributed by atoms with Crippen molar-refractivity contribution in [1.29, 1.82) is 0 Å². The van der Waals surface area contributed by atoms with E-state index >= 15 is 0 Å². The number of nitrogens with zero attached hydrogens (tertiary/aromatic N) is 6. The first-order valence-electron chi connectivity index (χ1n) is 6.68. The van der Waals surface area contributed by atoms with Gasteiger partial charge in [-0.15, -0.1) is 16.7 Å². The molecule has 2 atom stereocenters. The van der Waals surface area contributed by atoms with Crippen molar-refractivity contribution in [3.8, 4) is 0 Å². The summed E-state index contributed by atoms with van der Waals surface area (Å²) in [6, 6.07) is 0.442. The van der Waals surface area contributed by atoms with Gasteiger partial charge in [0, 0.05) is 18.0 Å². The molecule has 0 saturated carbocycles. The van der Waals surface area contributed by atoms with E-state index < -0.39 is 0 Å². The van der Waals surface area contributed by atoms with Crippen LogP contribution in [0.1, 0.15) is 32.6 Å². The smallest absolute Gasteiger partial charge is 0.199 e. The largest absolute Gasteiger partial charge is 0.352 e. The summed E-state index contributed by atoms with van der Waals surface area (Å²) in [5.41, 5.74) is 0.681. The quantitative estimate of drug-likeness (QED) is 0.804. The van der Waals surface area contributed by atoms with Crippen LogP contribution < -0.4 is 4.90 Å². The summed E-state index contributed by atoms with van der Waals surface area (Å²) in [5.74, 6) is 0.963. The molecule has 0 radical (unpaired) electrons. The van der Waals surface area contributed by atoms with Crippen LogP contribution >= 0.6 is 11.6 Å². The number of alkyl halides is 1. The summed E-state index contributed by atoms with van der Waals surface area (Å²) in [5, 5.41) is 11.9. The van der Waals surface area contributed by atoms with Gasteiger partial charge in [0.2, 0.25) is 0 Å². The van der Waals surface area contributed by atoms with Gasteiger partial charge in [-0.25, -0.2) is 0 Å². The first kappa shape index (κ1) is 12.6. The van der Waals surface area contributed by atoms with Crippen LogP contribution in [0.3, 0.4) is 0 Å². The second kappa shape index (κ2) is 5.28. The van der Waals surface area contributed by atoms with Crippen LogP contribution in [-0.2, 0) is 0 Å². The van der Waals surface area contributed by atoms with Crippen molar-refractivity contribution in [2.45, 2.75) is 44.0 Å². The molecule has 2 aromatic heterocycles. The van der Waals surface area contributed by atoms with Crippen LogP contribution in [0, 0.1) is 0 Å². The maximum atomic E-state index is 6.17. The van der Waals surface area contributed by atoms with E-state index in [1.165, 1.54) is 12.8 Å². The second-order valence-corrected chi connectivity index (χ2v) is 5.82. The average molecular weight is 281 g/mol. The molecule has 6 nitrogen and oxygen atoms in total. The Bertz CT molecular complexity index is 554. The first-order chi connectivity index (χ1) is 9.25. The molecule has 0 spiro atoms. The molecule has 3 heterocycles. The van der Waals surface area contributed by atoms with Crippen LogP contribution in [0.2, 0.25) is 0 Å². The zero-order valence-electron chi connectivity index (χ0n) is 10.9. The Morgan fingerprint density at radius 2 is 2.32 bits per heavy atom. The Morgan fingerprint density at radius 1 is 1.42 bits per heavy atom. The lowest BCUT2D eigenvalue weighted by atomic mass is 9.98. The molecule has 0 amide bonds. The molecule has 19 heavy (non-hydrogen) atoms. The fourth-order valence-corrected chi connectivity index (χ4v) is 2.99. The van der Waals surface area contributed by atoms with Gasteiger partial charge in [-0.05, 0) is 43.0 Å². The second-order valence-electron chi connectivity index (χ2n) is 5.07. The van der Waals surface area contributed by atoms with Gasteiger partial charge in [0.1, 0.15) is 0 Å². The summed E-state index contributed by atoms with van der Waals surface area (Å²) in [4.78, 5) is 6.58. The zero-order valence-corrected chi connectivity index (χ0v) is 11.7. The Labute approximate surface area is 116 Å². The highest BCUT2D eigenvalue weighted by Crippen LogP contribution is 2.27. The third-order valence-corrected chi connectivity index (χ3v) is 3.79. The van der Waals surface area contributed by atoms with Crippen LogP contribution in [0.25, 0.3) is 5.65 Å². The van der Waals surface area contributed by atoms with E-state index in [1.54, 1.807) is 10.7 Å². The molecule has 0 aromatic carbocycles. The number of hydrogen-bond acceptors (Lipinski definition) is 5. The molecular formula is C12H17ClN6. The fraction of sp³-hybridized carbons (Fsp3) is 0.667. The monoisotopic (exact) mass is 280 g/mol. The van der Waals surface area contributed by atoms with E-state index in [9.17, 15) is 0 Å². The Balaban J connectivity index is 1.95. The lowest BCUT2D eigenvalue weighted by Crippen LogP contribution is -2.41. The average Bonchev–Trinajstić information content (AvgIpc) is 2.87. The van der Waals surface area contributed by atoms with Gasteiger partial charge in [0.05, 0.1) is 12.4 Å². The van der Waals surface area contributed by atoms with Gasteiger partial charge in [0.15, 0.2) is 11.5 Å². The maximum Gasteiger partial charge on any atom is 0.199 e. The highest BCUT2D eigenvalue weighted by atomic mass is 35.5. The minimum atomic E-state index is 0.173. The molecule has 102 valence electrons. The van der Waals surface area contributed by atoms with E-state index in [2.05, 4.69) is 25.4 Å². The predicted molar refractivity (Wildman–Crippen MR) is 73.5 cm³/mol. The molecule has 2 aromatic rings. The van der Waals surface area contributed by atoms with E-state index in [0.717, 1.165) is 25.2 Å². The molecule has 0 N–H and O–H groups in total. The standard InChI is InChI=1S/C12H17ClN6/c1-9(13)6-10-4-2-3-5-18(10)12-8-14-7-11-15-16-17-19(11)12/h7-10H,2-6H2,1H3. The van der Waals surface area contributed by atoms with Crippen molar-refractivity contribution in [2.24, 2.45) is 0 Å². The highest BCUT2D eigenvalue weighted by Gasteiger charge is 2.26. The minimum absolute atomic E-state index is 0.173. The summed E-state index contributed by atoms with van der Waals surface area (Å²) >= 11 is 6.17. The number of hydrogen-bond donors (Lipinski definition) is 0. The van der Waals surface area contributed by atoms with E-state index in [1.807, 2.05) is 13.1 Å². The molecule has 0 bridgehead atoms. The number of tetrazole rings is 1. The molecule has 7 heteroatoms. The maximum absolute atomic E-state index is 6.17. The molecule has 0 aliphatic carbocycles. The summed E-state index contributed by atoms with van der Waals surface area (Å²) < 4.78 is 1.75. The summed E-state index contributed by atoms with van der Waals surface area (Å²) in [7, 11) is 0. The van der Waals surface area contributed by atoms with Crippen molar-refractivity contribution in [1.82, 2.24) is 25.0 Å². The topological polar surface area (TPSA) is 59.2 Å². The number of halogens is 1. The fourth-order valence-electron chi connectivity index (χ4n) is 2.78. The lowest BCUT2D eigenvalue weighted by Gasteiger charge is -2.37. The van der Waals surface area contributed by atoms with E-state index in [4.69, 9.17) is 11.6 Å². The molecule has 3 rings (SSSR count). The molecule has 2 unspecified atom stereocenters. The molecular weight excluding hydrogens is 264 g/mol. The van der Waals surface area contributed by atoms with Crippen LogP contribution in [0.5, 0.6) is 0 Å². The Hall–Kier alpha value is -1.43. The van der Waals surface area contributed by atoms with E-state index in [-0.39, 0.29) is 5.38 Å². The van der Waals surface area contributed by atoms with Crippen molar-refractivity contribution in [2.75, 3.05) is 11.4 Å². The number of aromatic nitrogens is 5. The molecule has 1 saturated heterocycles. The van der Waals surface area contributed by atoms with Gasteiger partial charge < -0.3 is 4.90 Å². The molecule has 1 aliphatic rings. The minimum Gasteiger partial charge on any atom is -0.352 e. The van der Waals surface area contributed by atoms with Gasteiger partial charge >= 0.3 is 0 Å². The highest BCUT2D eigenvalue weighted by molar-refractivity contribution is 6.20. The summed E-state index contributed by atoms with van der Waals surface area (Å²) in [6.45, 7) is 3.05. The van der Waals surface area contributed by atoms with Crippen molar-refractivity contribution in [3.63, 3.8) is 0 Å². The predicted octanol–water partition coefficient (Wildman–Crippen LogP) is 1.90. The van der Waals surface area contributed by atoms with Gasteiger partial charge in [-0.3, -0.25) is 4.98 Å². The zero-order chi connectivity index (χ0) is 13.2. The van der Waals surface area contributed by atoms with Gasteiger partial charge in [-0.1, -0.05) is 0 Å². The normalized spacial score (nSPS) is 21.8. The Morgan fingerprint density at radius 3 is 3.16 bits per heavy atom. The summed E-state index contributed by atoms with van der Waals surface area (Å²) in [6.07, 6.45) is 8.08. The number of piperidine rings is 1. The third kappa shape index (κ3) is 2.49. The molecule has 1 fully saturated rings. The van der Waals surface area contributed by atoms with Gasteiger partial charge in [-0.2, -0.15) is 4.52 Å². The first-order valence-corrected chi connectivity index (χ1v) is 7.12. The Kier molecular flexibility index (Phi) is 3.50. The van der Waals surface area contributed by atoms with E-state index in [0.29, 0.717) is 11.7 Å².